The molecule has 0 bridgehead atoms. The summed E-state index contributed by atoms with van der Waals surface area (Å²) in [6.45, 7) is 0.203. The van der Waals surface area contributed by atoms with Gasteiger partial charge in [-0.2, -0.15) is 4.31 Å². The highest BCUT2D eigenvalue weighted by Crippen LogP contribution is 2.29. The molecule has 19 heavy (non-hydrogen) atoms. The molecular formula is C13H19NO4S. The molecule has 6 heteroatoms. The van der Waals surface area contributed by atoms with E-state index in [0.29, 0.717) is 13.0 Å². The first-order valence-electron chi connectivity index (χ1n) is 6.48. The van der Waals surface area contributed by atoms with Crippen molar-refractivity contribution in [2.75, 3.05) is 13.2 Å². The van der Waals surface area contributed by atoms with E-state index < -0.39 is 16.1 Å². The SMILES string of the molecule is O=S(=O)(c1ccccc1O)N1CCCCCC1CO. The molecule has 106 valence electrons. The summed E-state index contributed by atoms with van der Waals surface area (Å²) in [4.78, 5) is -0.0876. The van der Waals surface area contributed by atoms with Crippen molar-refractivity contribution in [3.63, 3.8) is 0 Å². The van der Waals surface area contributed by atoms with Crippen LogP contribution in [0.2, 0.25) is 0 Å². The minimum Gasteiger partial charge on any atom is -0.507 e. The number of hydrogen-bond acceptors (Lipinski definition) is 4. The Bertz CT molecular complexity index is 529. The molecule has 1 fully saturated rings. The molecule has 1 aliphatic rings. The first-order valence-corrected chi connectivity index (χ1v) is 7.92. The lowest BCUT2D eigenvalue weighted by atomic mass is 10.1. The Labute approximate surface area is 113 Å². The van der Waals surface area contributed by atoms with Crippen LogP contribution in [0.25, 0.3) is 0 Å². The number of hydrogen-bond donors (Lipinski definition) is 2. The van der Waals surface area contributed by atoms with Gasteiger partial charge in [-0.25, -0.2) is 8.42 Å². The van der Waals surface area contributed by atoms with Crippen LogP contribution in [0.15, 0.2) is 29.2 Å². The Hall–Kier alpha value is -1.11. The smallest absolute Gasteiger partial charge is 0.247 e. The van der Waals surface area contributed by atoms with Gasteiger partial charge in [-0.3, -0.25) is 0 Å². The topological polar surface area (TPSA) is 77.8 Å². The van der Waals surface area contributed by atoms with Crippen LogP contribution in [0.4, 0.5) is 0 Å². The third kappa shape index (κ3) is 2.91. The molecule has 1 aliphatic heterocycles. The lowest BCUT2D eigenvalue weighted by molar-refractivity contribution is 0.186. The van der Waals surface area contributed by atoms with Crippen LogP contribution in [-0.4, -0.2) is 42.1 Å². The minimum atomic E-state index is -3.75. The zero-order valence-corrected chi connectivity index (χ0v) is 11.5. The number of phenols is 1. The van der Waals surface area contributed by atoms with Crippen molar-refractivity contribution in [2.24, 2.45) is 0 Å². The first kappa shape index (κ1) is 14.3. The number of sulfonamides is 1. The largest absolute Gasteiger partial charge is 0.507 e. The van der Waals surface area contributed by atoms with E-state index in [0.717, 1.165) is 19.3 Å². The number of aromatic hydroxyl groups is 1. The summed E-state index contributed by atoms with van der Waals surface area (Å²) in [7, 11) is -3.75. The van der Waals surface area contributed by atoms with Crippen molar-refractivity contribution in [3.05, 3.63) is 24.3 Å². The van der Waals surface area contributed by atoms with Crippen molar-refractivity contribution in [1.29, 1.82) is 0 Å². The molecule has 2 N–H and O–H groups in total. The highest BCUT2D eigenvalue weighted by molar-refractivity contribution is 7.89. The third-order valence-corrected chi connectivity index (χ3v) is 5.48. The van der Waals surface area contributed by atoms with Gasteiger partial charge < -0.3 is 10.2 Å². The molecule has 0 saturated carbocycles. The van der Waals surface area contributed by atoms with Crippen molar-refractivity contribution < 1.29 is 18.6 Å². The van der Waals surface area contributed by atoms with Gasteiger partial charge in [0.1, 0.15) is 10.6 Å². The highest BCUT2D eigenvalue weighted by atomic mass is 32.2. The van der Waals surface area contributed by atoms with Gasteiger partial charge in [0, 0.05) is 12.6 Å². The maximum atomic E-state index is 12.6. The molecule has 1 saturated heterocycles. The van der Waals surface area contributed by atoms with Crippen molar-refractivity contribution in [3.8, 4) is 5.75 Å². The van der Waals surface area contributed by atoms with E-state index in [2.05, 4.69) is 0 Å². The Morgan fingerprint density at radius 3 is 2.63 bits per heavy atom. The van der Waals surface area contributed by atoms with Gasteiger partial charge in [-0.15, -0.1) is 0 Å². The fourth-order valence-electron chi connectivity index (χ4n) is 2.45. The molecule has 0 spiro atoms. The number of rotatable bonds is 3. The van der Waals surface area contributed by atoms with Crippen molar-refractivity contribution >= 4 is 10.0 Å². The molecule has 1 unspecified atom stereocenters. The number of para-hydroxylation sites is 1. The van der Waals surface area contributed by atoms with Crippen LogP contribution in [-0.2, 0) is 10.0 Å². The normalized spacial score (nSPS) is 22.1. The van der Waals surface area contributed by atoms with Crippen LogP contribution in [0.5, 0.6) is 5.75 Å². The van der Waals surface area contributed by atoms with Gasteiger partial charge in [-0.1, -0.05) is 25.0 Å². The molecule has 1 atom stereocenters. The predicted octanol–water partition coefficient (Wildman–Crippen LogP) is 1.32. The second kappa shape index (κ2) is 5.90. The fourth-order valence-corrected chi connectivity index (χ4v) is 4.22. The Morgan fingerprint density at radius 2 is 1.95 bits per heavy atom. The molecule has 1 aromatic carbocycles. The van der Waals surface area contributed by atoms with Crippen LogP contribution >= 0.6 is 0 Å². The van der Waals surface area contributed by atoms with E-state index >= 15 is 0 Å². The molecule has 1 heterocycles. The maximum absolute atomic E-state index is 12.6. The summed E-state index contributed by atoms with van der Waals surface area (Å²) in [6, 6.07) is 5.52. The zero-order chi connectivity index (χ0) is 13.9. The molecule has 2 rings (SSSR count). The molecule has 0 radical (unpaired) electrons. The number of benzene rings is 1. The van der Waals surface area contributed by atoms with Gasteiger partial charge in [0.2, 0.25) is 10.0 Å². The van der Waals surface area contributed by atoms with E-state index in [1.165, 1.54) is 16.4 Å². The molecular weight excluding hydrogens is 266 g/mol. The Kier molecular flexibility index (Phi) is 4.44. The summed E-state index contributed by atoms with van der Waals surface area (Å²) < 4.78 is 26.5. The summed E-state index contributed by atoms with van der Waals surface area (Å²) in [6.07, 6.45) is 3.31. The number of aliphatic hydroxyl groups is 1. The predicted molar refractivity (Wildman–Crippen MR) is 71.3 cm³/mol. The average Bonchev–Trinajstić information content (AvgIpc) is 2.64. The summed E-state index contributed by atoms with van der Waals surface area (Å²) >= 11 is 0. The first-order chi connectivity index (χ1) is 9.07. The van der Waals surface area contributed by atoms with Gasteiger partial charge in [-0.05, 0) is 25.0 Å². The third-order valence-electron chi connectivity index (χ3n) is 3.49. The fraction of sp³-hybridized carbons (Fsp3) is 0.538. The monoisotopic (exact) mass is 285 g/mol. The molecule has 0 amide bonds. The minimum absolute atomic E-state index is 0.0876. The lowest BCUT2D eigenvalue weighted by Gasteiger charge is -2.27. The summed E-state index contributed by atoms with van der Waals surface area (Å²) in [5.41, 5.74) is 0. The Balaban J connectivity index is 2.39. The van der Waals surface area contributed by atoms with Crippen LogP contribution in [0.3, 0.4) is 0 Å². The number of aliphatic hydroxyl groups excluding tert-OH is 1. The second-order valence-corrected chi connectivity index (χ2v) is 6.63. The van der Waals surface area contributed by atoms with E-state index in [-0.39, 0.29) is 17.3 Å². The number of nitrogens with zero attached hydrogens (tertiary/aromatic N) is 1. The Morgan fingerprint density at radius 1 is 1.21 bits per heavy atom. The average molecular weight is 285 g/mol. The van der Waals surface area contributed by atoms with Crippen molar-refractivity contribution in [2.45, 2.75) is 36.6 Å². The van der Waals surface area contributed by atoms with Crippen molar-refractivity contribution in [1.82, 2.24) is 4.31 Å². The molecule has 1 aromatic rings. The lowest BCUT2D eigenvalue weighted by Crippen LogP contribution is -2.42. The van der Waals surface area contributed by atoms with E-state index in [4.69, 9.17) is 0 Å². The standard InChI is InChI=1S/C13H19NO4S/c15-10-11-6-2-1-5-9-14(11)19(17,18)13-8-4-3-7-12(13)16/h3-4,7-8,11,15-16H,1-2,5-6,9-10H2. The summed E-state index contributed by atoms with van der Waals surface area (Å²) in [5.74, 6) is -0.247. The second-order valence-electron chi connectivity index (χ2n) is 4.77. The van der Waals surface area contributed by atoms with Gasteiger partial charge in [0.15, 0.2) is 0 Å². The van der Waals surface area contributed by atoms with Gasteiger partial charge >= 0.3 is 0 Å². The van der Waals surface area contributed by atoms with Crippen LogP contribution < -0.4 is 0 Å². The molecule has 0 aromatic heterocycles. The van der Waals surface area contributed by atoms with Crippen LogP contribution in [0, 0.1) is 0 Å². The van der Waals surface area contributed by atoms with Crippen LogP contribution in [0.1, 0.15) is 25.7 Å². The highest BCUT2D eigenvalue weighted by Gasteiger charge is 2.33. The number of phenolic OH excluding ortho intramolecular Hbond substituents is 1. The quantitative estimate of drug-likeness (QED) is 0.878. The molecule has 5 nitrogen and oxygen atoms in total. The maximum Gasteiger partial charge on any atom is 0.247 e. The van der Waals surface area contributed by atoms with Gasteiger partial charge in [0.25, 0.3) is 0 Å². The molecule has 0 aliphatic carbocycles. The van der Waals surface area contributed by atoms with E-state index in [1.54, 1.807) is 12.1 Å². The van der Waals surface area contributed by atoms with E-state index in [9.17, 15) is 18.6 Å². The van der Waals surface area contributed by atoms with E-state index in [1.807, 2.05) is 0 Å². The zero-order valence-electron chi connectivity index (χ0n) is 10.7. The summed E-state index contributed by atoms with van der Waals surface area (Å²) in [5, 5.41) is 19.1. The van der Waals surface area contributed by atoms with Gasteiger partial charge in [0.05, 0.1) is 6.61 Å².